The van der Waals surface area contributed by atoms with Crippen molar-refractivity contribution in [1.82, 2.24) is 15.6 Å². The van der Waals surface area contributed by atoms with Crippen molar-refractivity contribution in [2.24, 2.45) is 0 Å². The molecule has 0 unspecified atom stereocenters. The zero-order chi connectivity index (χ0) is 18.2. The maximum absolute atomic E-state index is 12.2. The molecule has 0 aliphatic carbocycles. The van der Waals surface area contributed by atoms with Crippen LogP contribution in [0.4, 0.5) is 5.69 Å². The molecule has 1 saturated heterocycles. The largest absolute Gasteiger partial charge is 0.390 e. The van der Waals surface area contributed by atoms with Gasteiger partial charge in [-0.25, -0.2) is 0 Å². The van der Waals surface area contributed by atoms with Crippen LogP contribution in [0.25, 0.3) is 0 Å². The van der Waals surface area contributed by atoms with E-state index in [1.807, 2.05) is 13.0 Å². The molecule has 2 heterocycles. The van der Waals surface area contributed by atoms with E-state index in [9.17, 15) is 4.79 Å². The number of hydrogen-bond donors (Lipinski definition) is 4. The Morgan fingerprint density at radius 2 is 2.32 bits per heavy atom. The molecule has 0 saturated carbocycles. The quantitative estimate of drug-likeness (QED) is 0.555. The minimum atomic E-state index is -0.570. The molecule has 1 aliphatic heterocycles. The molecule has 0 radical (unpaired) electrons. The minimum Gasteiger partial charge on any atom is -0.390 e. The second-order valence-corrected chi connectivity index (χ2v) is 6.03. The molecule has 0 aromatic carbocycles. The van der Waals surface area contributed by atoms with E-state index < -0.39 is 5.91 Å². The van der Waals surface area contributed by atoms with Gasteiger partial charge in [-0.15, -0.1) is 0 Å². The lowest BCUT2D eigenvalue weighted by Crippen LogP contribution is -2.33. The molecule has 25 heavy (non-hydrogen) atoms. The Morgan fingerprint density at radius 1 is 1.52 bits per heavy atom. The van der Waals surface area contributed by atoms with E-state index in [-0.39, 0.29) is 16.8 Å². The predicted octanol–water partition coefficient (Wildman–Crippen LogP) is 2.17. The van der Waals surface area contributed by atoms with Crippen LogP contribution in [-0.2, 0) is 9.53 Å². The Hall–Kier alpha value is -1.96. The Kier molecular flexibility index (Phi) is 7.36. The number of hydrogen-bond acceptors (Lipinski definition) is 6. The van der Waals surface area contributed by atoms with Crippen molar-refractivity contribution in [3.63, 3.8) is 0 Å². The number of nitrogens with one attached hydrogen (secondary N) is 4. The topological polar surface area (TPSA) is 99.1 Å². The molecule has 1 aromatic heterocycles. The van der Waals surface area contributed by atoms with Crippen LogP contribution in [0.2, 0.25) is 0 Å². The van der Waals surface area contributed by atoms with Crippen molar-refractivity contribution in [2.75, 3.05) is 32.1 Å². The summed E-state index contributed by atoms with van der Waals surface area (Å²) in [6, 6.07) is 3.55. The highest BCUT2D eigenvalue weighted by Gasteiger charge is 2.19. The number of allylic oxidation sites excluding steroid dienone is 1. The van der Waals surface area contributed by atoms with Gasteiger partial charge < -0.3 is 20.7 Å². The first kappa shape index (κ1) is 19.4. The number of anilines is 1. The summed E-state index contributed by atoms with van der Waals surface area (Å²) in [5, 5.41) is 16.9. The van der Waals surface area contributed by atoms with E-state index in [0.29, 0.717) is 31.0 Å². The maximum atomic E-state index is 12.2. The monoisotopic (exact) mass is 365 g/mol. The van der Waals surface area contributed by atoms with Crippen LogP contribution >= 0.6 is 11.6 Å². The number of carbonyl (C=O) groups excluding carboxylic acids is 1. The van der Waals surface area contributed by atoms with Gasteiger partial charge in [0, 0.05) is 25.8 Å². The van der Waals surface area contributed by atoms with Crippen LogP contribution in [0.3, 0.4) is 0 Å². The van der Waals surface area contributed by atoms with Crippen LogP contribution in [0.15, 0.2) is 29.1 Å². The summed E-state index contributed by atoms with van der Waals surface area (Å²) >= 11 is 6.16. The van der Waals surface area contributed by atoms with Gasteiger partial charge in [0.1, 0.15) is 11.8 Å². The lowest BCUT2D eigenvalue weighted by molar-refractivity contribution is -0.110. The molecular formula is C17H24ClN5O2. The normalized spacial score (nSPS) is 18.3. The van der Waals surface area contributed by atoms with Crippen LogP contribution in [0.1, 0.15) is 31.6 Å². The Bertz CT molecular complexity index is 639. The van der Waals surface area contributed by atoms with Gasteiger partial charge in [-0.05, 0) is 18.6 Å². The first-order valence-corrected chi connectivity index (χ1v) is 8.69. The van der Waals surface area contributed by atoms with Crippen LogP contribution in [-0.4, -0.2) is 43.3 Å². The highest BCUT2D eigenvalue weighted by Crippen LogP contribution is 2.19. The lowest BCUT2D eigenvalue weighted by Gasteiger charge is -2.23. The summed E-state index contributed by atoms with van der Waals surface area (Å²) in [6.45, 7) is 4.21. The SMILES string of the molecule is CCC/C(NC)=C(\Cl)C(=N)C(=O)Nc1ccc([C@@H]2CNCCO2)nc1. The second-order valence-electron chi connectivity index (χ2n) is 5.66. The van der Waals surface area contributed by atoms with Gasteiger partial charge >= 0.3 is 0 Å². The zero-order valence-electron chi connectivity index (χ0n) is 14.5. The molecule has 4 N–H and O–H groups in total. The van der Waals surface area contributed by atoms with Crippen molar-refractivity contribution in [1.29, 1.82) is 5.41 Å². The second kappa shape index (κ2) is 9.50. The Morgan fingerprint density at radius 3 is 2.88 bits per heavy atom. The van der Waals surface area contributed by atoms with Gasteiger partial charge in [-0.3, -0.25) is 15.2 Å². The van der Waals surface area contributed by atoms with E-state index in [1.54, 1.807) is 19.3 Å². The highest BCUT2D eigenvalue weighted by atomic mass is 35.5. The summed E-state index contributed by atoms with van der Waals surface area (Å²) < 4.78 is 5.64. The van der Waals surface area contributed by atoms with E-state index in [0.717, 1.165) is 18.7 Å². The van der Waals surface area contributed by atoms with Crippen molar-refractivity contribution in [3.05, 3.63) is 34.8 Å². The third-order valence-corrected chi connectivity index (χ3v) is 4.23. The summed E-state index contributed by atoms with van der Waals surface area (Å²) in [6.07, 6.45) is 3.02. The Balaban J connectivity index is 2.01. The number of nitrogens with zero attached hydrogens (tertiary/aromatic N) is 1. The first-order chi connectivity index (χ1) is 12.1. The fraction of sp³-hybridized carbons (Fsp3) is 0.471. The number of halogens is 1. The lowest BCUT2D eigenvalue weighted by atomic mass is 10.2. The number of ether oxygens (including phenoxy) is 1. The molecule has 2 rings (SSSR count). The Labute approximate surface area is 152 Å². The number of amides is 1. The predicted molar refractivity (Wildman–Crippen MR) is 99.0 cm³/mol. The van der Waals surface area contributed by atoms with E-state index in [4.69, 9.17) is 21.7 Å². The first-order valence-electron chi connectivity index (χ1n) is 8.31. The molecule has 8 heteroatoms. The summed E-state index contributed by atoms with van der Waals surface area (Å²) in [7, 11) is 1.73. The molecule has 1 aromatic rings. The fourth-order valence-electron chi connectivity index (χ4n) is 2.46. The maximum Gasteiger partial charge on any atom is 0.275 e. The van der Waals surface area contributed by atoms with Crippen molar-refractivity contribution < 1.29 is 9.53 Å². The molecule has 0 bridgehead atoms. The van der Waals surface area contributed by atoms with Gasteiger partial charge in [-0.1, -0.05) is 24.9 Å². The van der Waals surface area contributed by atoms with Gasteiger partial charge in [0.15, 0.2) is 0 Å². The van der Waals surface area contributed by atoms with Crippen LogP contribution in [0.5, 0.6) is 0 Å². The molecule has 1 aliphatic rings. The van der Waals surface area contributed by atoms with Crippen molar-refractivity contribution >= 4 is 28.9 Å². The van der Waals surface area contributed by atoms with E-state index in [2.05, 4.69) is 20.9 Å². The number of carbonyl (C=O) groups is 1. The zero-order valence-corrected chi connectivity index (χ0v) is 15.2. The smallest absolute Gasteiger partial charge is 0.275 e. The number of aromatic nitrogens is 1. The van der Waals surface area contributed by atoms with Gasteiger partial charge in [0.2, 0.25) is 0 Å². The number of morpholine rings is 1. The van der Waals surface area contributed by atoms with Gasteiger partial charge in [0.25, 0.3) is 5.91 Å². The van der Waals surface area contributed by atoms with E-state index >= 15 is 0 Å². The van der Waals surface area contributed by atoms with Crippen LogP contribution < -0.4 is 16.0 Å². The van der Waals surface area contributed by atoms with Crippen molar-refractivity contribution in [2.45, 2.75) is 25.9 Å². The molecule has 1 fully saturated rings. The summed E-state index contributed by atoms with van der Waals surface area (Å²) in [5.74, 6) is -0.570. The van der Waals surface area contributed by atoms with Gasteiger partial charge in [0.05, 0.1) is 29.2 Å². The van der Waals surface area contributed by atoms with Gasteiger partial charge in [-0.2, -0.15) is 0 Å². The summed E-state index contributed by atoms with van der Waals surface area (Å²) in [4.78, 5) is 16.6. The molecule has 1 amide bonds. The molecule has 0 spiro atoms. The molecular weight excluding hydrogens is 342 g/mol. The fourth-order valence-corrected chi connectivity index (χ4v) is 2.74. The third-order valence-electron chi connectivity index (χ3n) is 3.81. The van der Waals surface area contributed by atoms with Crippen molar-refractivity contribution in [3.8, 4) is 0 Å². The third kappa shape index (κ3) is 5.26. The standard InChI is InChI=1S/C17H24ClN5O2/c1-3-4-13(20-2)15(18)16(19)17(24)23-11-5-6-12(22-9-11)14-10-21-7-8-25-14/h5-6,9,14,19-21H,3-4,7-8,10H2,1-2H3,(H,23,24)/b15-13+,19-16?/t14-/m0/s1. The number of rotatable bonds is 7. The minimum absolute atomic E-state index is 0.0820. The van der Waals surface area contributed by atoms with E-state index in [1.165, 1.54) is 0 Å². The molecule has 1 atom stereocenters. The number of pyridine rings is 1. The highest BCUT2D eigenvalue weighted by molar-refractivity contribution is 6.60. The summed E-state index contributed by atoms with van der Waals surface area (Å²) in [5.41, 5.74) is 1.72. The molecule has 7 nitrogen and oxygen atoms in total. The molecule has 136 valence electrons. The average Bonchev–Trinajstić information content (AvgIpc) is 2.66. The average molecular weight is 366 g/mol. The van der Waals surface area contributed by atoms with Crippen LogP contribution in [0, 0.1) is 5.41 Å².